The third kappa shape index (κ3) is 5.08. The molecule has 24 heavy (non-hydrogen) atoms. The van der Waals surface area contributed by atoms with E-state index in [4.69, 9.17) is 21.4 Å². The molecule has 1 heterocycles. The Morgan fingerprint density at radius 1 is 1.33 bits per heavy atom. The maximum absolute atomic E-state index is 12.4. The maximum atomic E-state index is 12.4. The van der Waals surface area contributed by atoms with Gasteiger partial charge >= 0.3 is 0 Å². The average molecular weight is 357 g/mol. The molecular formula is C17H25ClN2O4. The van der Waals surface area contributed by atoms with Gasteiger partial charge in [-0.2, -0.15) is 0 Å². The van der Waals surface area contributed by atoms with Crippen LogP contribution in [0, 0.1) is 11.8 Å². The van der Waals surface area contributed by atoms with Crippen molar-refractivity contribution in [2.75, 3.05) is 53.0 Å². The van der Waals surface area contributed by atoms with Gasteiger partial charge in [-0.1, -0.05) is 23.7 Å². The molecule has 2 N–H and O–H groups in total. The minimum atomic E-state index is -0.110. The first kappa shape index (κ1) is 19.0. The standard InChI is InChI=1S/C17H25ClN2O4/c1-19(6-7-21)8-13-9-20(10-14(13)11-22)17(23)12-24-16-5-3-2-4-15(16)18/h2-5,13-14,21-22H,6-12H2,1H3/t13-,14-/m1/s1. The van der Waals surface area contributed by atoms with Crippen molar-refractivity contribution in [2.45, 2.75) is 0 Å². The van der Waals surface area contributed by atoms with Crippen molar-refractivity contribution in [2.24, 2.45) is 11.8 Å². The quantitative estimate of drug-likeness (QED) is 0.717. The second-order valence-electron chi connectivity index (χ2n) is 6.21. The molecule has 0 unspecified atom stereocenters. The molecule has 1 saturated heterocycles. The molecule has 0 spiro atoms. The van der Waals surface area contributed by atoms with E-state index < -0.39 is 0 Å². The summed E-state index contributed by atoms with van der Waals surface area (Å²) < 4.78 is 5.51. The predicted molar refractivity (Wildman–Crippen MR) is 92.2 cm³/mol. The number of rotatable bonds is 8. The van der Waals surface area contributed by atoms with Crippen LogP contribution in [0.25, 0.3) is 0 Å². The van der Waals surface area contributed by atoms with E-state index in [1.165, 1.54) is 0 Å². The highest BCUT2D eigenvalue weighted by atomic mass is 35.5. The molecule has 1 amide bonds. The van der Waals surface area contributed by atoms with Crippen LogP contribution < -0.4 is 4.74 Å². The molecule has 0 aromatic heterocycles. The van der Waals surface area contributed by atoms with Crippen molar-refractivity contribution >= 4 is 17.5 Å². The van der Waals surface area contributed by atoms with Gasteiger partial charge in [0.15, 0.2) is 6.61 Å². The van der Waals surface area contributed by atoms with E-state index >= 15 is 0 Å². The molecule has 1 aliphatic rings. The zero-order valence-electron chi connectivity index (χ0n) is 13.9. The number of aliphatic hydroxyl groups is 2. The van der Waals surface area contributed by atoms with Crippen molar-refractivity contribution in [3.8, 4) is 5.75 Å². The van der Waals surface area contributed by atoms with Crippen LogP contribution in [0.4, 0.5) is 0 Å². The number of likely N-dealkylation sites (tertiary alicyclic amines) is 1. The fraction of sp³-hybridized carbons (Fsp3) is 0.588. The fourth-order valence-corrected chi connectivity index (χ4v) is 3.20. The Morgan fingerprint density at radius 2 is 2.04 bits per heavy atom. The number of hydrogen-bond donors (Lipinski definition) is 2. The largest absolute Gasteiger partial charge is 0.482 e. The van der Waals surface area contributed by atoms with Crippen LogP contribution in [-0.2, 0) is 4.79 Å². The van der Waals surface area contributed by atoms with E-state index in [-0.39, 0.29) is 37.6 Å². The molecule has 1 fully saturated rings. The fourth-order valence-electron chi connectivity index (χ4n) is 3.01. The van der Waals surface area contributed by atoms with Gasteiger partial charge in [-0.15, -0.1) is 0 Å². The smallest absolute Gasteiger partial charge is 0.260 e. The summed E-state index contributed by atoms with van der Waals surface area (Å²) in [7, 11) is 1.93. The zero-order valence-corrected chi connectivity index (χ0v) is 14.7. The second kappa shape index (κ2) is 9.22. The first-order chi connectivity index (χ1) is 11.5. The summed E-state index contributed by atoms with van der Waals surface area (Å²) in [5.41, 5.74) is 0. The monoisotopic (exact) mass is 356 g/mol. The molecule has 1 aromatic carbocycles. The summed E-state index contributed by atoms with van der Waals surface area (Å²) >= 11 is 6.01. The van der Waals surface area contributed by atoms with Crippen molar-refractivity contribution < 1.29 is 19.7 Å². The van der Waals surface area contributed by atoms with Crippen molar-refractivity contribution in [3.63, 3.8) is 0 Å². The Bertz CT molecular complexity index is 543. The van der Waals surface area contributed by atoms with E-state index in [2.05, 4.69) is 0 Å². The number of benzene rings is 1. The number of aliphatic hydroxyl groups excluding tert-OH is 2. The molecule has 0 aliphatic carbocycles. The SMILES string of the molecule is CN(CCO)C[C@@H]1CN(C(=O)COc2ccccc2Cl)C[C@@H]1CO. The van der Waals surface area contributed by atoms with Gasteiger partial charge in [0.25, 0.3) is 5.91 Å². The van der Waals surface area contributed by atoms with E-state index in [0.717, 1.165) is 6.54 Å². The van der Waals surface area contributed by atoms with E-state index in [1.54, 1.807) is 29.2 Å². The van der Waals surface area contributed by atoms with Gasteiger partial charge < -0.3 is 24.7 Å². The minimum absolute atomic E-state index is 0.0484. The third-order valence-corrected chi connectivity index (χ3v) is 4.69. The van der Waals surface area contributed by atoms with Gasteiger partial charge in [-0.05, 0) is 25.1 Å². The Morgan fingerprint density at radius 3 is 2.71 bits per heavy atom. The lowest BCUT2D eigenvalue weighted by atomic mass is 9.96. The van der Waals surface area contributed by atoms with Gasteiger partial charge in [0, 0.05) is 38.7 Å². The molecule has 2 rings (SSSR count). The summed E-state index contributed by atoms with van der Waals surface area (Å²) in [6, 6.07) is 7.04. The van der Waals surface area contributed by atoms with E-state index in [0.29, 0.717) is 30.4 Å². The van der Waals surface area contributed by atoms with Gasteiger partial charge in [-0.3, -0.25) is 4.79 Å². The Hall–Kier alpha value is -1.34. The molecule has 1 aliphatic heterocycles. The molecule has 7 heteroatoms. The van der Waals surface area contributed by atoms with Crippen LogP contribution in [-0.4, -0.2) is 79.0 Å². The molecule has 0 bridgehead atoms. The highest BCUT2D eigenvalue weighted by Gasteiger charge is 2.35. The first-order valence-corrected chi connectivity index (χ1v) is 8.48. The van der Waals surface area contributed by atoms with E-state index in [1.807, 2.05) is 11.9 Å². The van der Waals surface area contributed by atoms with Crippen LogP contribution in [0.5, 0.6) is 5.75 Å². The summed E-state index contributed by atoms with van der Waals surface area (Å²) in [5.74, 6) is 0.622. The highest BCUT2D eigenvalue weighted by Crippen LogP contribution is 2.25. The molecule has 2 atom stereocenters. The summed E-state index contributed by atoms with van der Waals surface area (Å²) in [5, 5.41) is 19.0. The number of nitrogens with zero attached hydrogens (tertiary/aromatic N) is 2. The number of para-hydroxylation sites is 1. The van der Waals surface area contributed by atoms with Crippen molar-refractivity contribution in [1.29, 1.82) is 0 Å². The van der Waals surface area contributed by atoms with Crippen LogP contribution in [0.3, 0.4) is 0 Å². The van der Waals surface area contributed by atoms with Crippen LogP contribution >= 0.6 is 11.6 Å². The normalized spacial score (nSPS) is 20.6. The van der Waals surface area contributed by atoms with Gasteiger partial charge in [0.05, 0.1) is 11.6 Å². The summed E-state index contributed by atoms with van der Waals surface area (Å²) in [6.07, 6.45) is 0. The van der Waals surface area contributed by atoms with Crippen LogP contribution in [0.15, 0.2) is 24.3 Å². The molecule has 0 saturated carbocycles. The molecule has 0 radical (unpaired) electrons. The zero-order chi connectivity index (χ0) is 17.5. The van der Waals surface area contributed by atoms with Gasteiger partial charge in [0.1, 0.15) is 5.75 Å². The molecular weight excluding hydrogens is 332 g/mol. The first-order valence-electron chi connectivity index (χ1n) is 8.10. The van der Waals surface area contributed by atoms with Gasteiger partial charge in [0.2, 0.25) is 0 Å². The van der Waals surface area contributed by atoms with Crippen molar-refractivity contribution in [3.05, 3.63) is 29.3 Å². The van der Waals surface area contributed by atoms with Gasteiger partial charge in [-0.25, -0.2) is 0 Å². The summed E-state index contributed by atoms with van der Waals surface area (Å²) in [4.78, 5) is 16.1. The Kier molecular flexibility index (Phi) is 7.30. The lowest BCUT2D eigenvalue weighted by Crippen LogP contribution is -2.35. The number of ether oxygens (including phenoxy) is 1. The average Bonchev–Trinajstić information content (AvgIpc) is 2.97. The Balaban J connectivity index is 1.87. The number of carbonyl (C=O) groups excluding carboxylic acids is 1. The second-order valence-corrected chi connectivity index (χ2v) is 6.61. The highest BCUT2D eigenvalue weighted by molar-refractivity contribution is 6.32. The third-order valence-electron chi connectivity index (χ3n) is 4.38. The topological polar surface area (TPSA) is 73.2 Å². The van der Waals surface area contributed by atoms with Crippen LogP contribution in [0.2, 0.25) is 5.02 Å². The predicted octanol–water partition coefficient (Wildman–Crippen LogP) is 0.710. The number of carbonyl (C=O) groups is 1. The number of hydrogen-bond acceptors (Lipinski definition) is 5. The lowest BCUT2D eigenvalue weighted by molar-refractivity contribution is -0.132. The summed E-state index contributed by atoms with van der Waals surface area (Å²) in [6.45, 7) is 2.51. The maximum Gasteiger partial charge on any atom is 0.260 e. The van der Waals surface area contributed by atoms with E-state index in [9.17, 15) is 9.90 Å². The molecule has 134 valence electrons. The van der Waals surface area contributed by atoms with Crippen molar-refractivity contribution in [1.82, 2.24) is 9.80 Å². The number of amides is 1. The number of likely N-dealkylation sites (N-methyl/N-ethyl adjacent to an activating group) is 1. The van der Waals surface area contributed by atoms with Crippen LogP contribution in [0.1, 0.15) is 0 Å². The molecule has 6 nitrogen and oxygen atoms in total. The minimum Gasteiger partial charge on any atom is -0.482 e. The lowest BCUT2D eigenvalue weighted by Gasteiger charge is -2.23. The Labute approximate surface area is 147 Å². The number of halogens is 1. The molecule has 1 aromatic rings.